The Kier molecular flexibility index (Phi) is 3.20. The van der Waals surface area contributed by atoms with E-state index in [0.29, 0.717) is 0 Å². The molecule has 0 spiro atoms. The van der Waals surface area contributed by atoms with Crippen LogP contribution in [0.25, 0.3) is 0 Å². The van der Waals surface area contributed by atoms with Gasteiger partial charge in [0.05, 0.1) is 0 Å². The van der Waals surface area contributed by atoms with Crippen LogP contribution in [0.15, 0.2) is 54.6 Å². The fourth-order valence-corrected chi connectivity index (χ4v) is 2.53. The largest absolute Gasteiger partial charge is 0.348 e. The Morgan fingerprint density at radius 3 is 2.24 bits per heavy atom. The SMILES string of the molecule is O=C1N(Cc2ccccc2)C(c2ccc(F)cc2)C1(F)F. The molecule has 0 aromatic heterocycles. The van der Waals surface area contributed by atoms with E-state index in [9.17, 15) is 18.0 Å². The van der Waals surface area contributed by atoms with Crippen LogP contribution in [0.1, 0.15) is 17.2 Å². The summed E-state index contributed by atoms with van der Waals surface area (Å²) >= 11 is 0. The van der Waals surface area contributed by atoms with E-state index in [1.807, 2.05) is 6.07 Å². The number of hydrogen-bond donors (Lipinski definition) is 0. The molecule has 0 aliphatic carbocycles. The number of benzene rings is 2. The second kappa shape index (κ2) is 4.91. The van der Waals surface area contributed by atoms with Crippen LogP contribution in [0.2, 0.25) is 0 Å². The van der Waals surface area contributed by atoms with E-state index in [4.69, 9.17) is 0 Å². The van der Waals surface area contributed by atoms with Crippen molar-refractivity contribution in [3.05, 3.63) is 71.5 Å². The molecule has 1 heterocycles. The predicted octanol–water partition coefficient (Wildman–Crippen LogP) is 3.54. The van der Waals surface area contributed by atoms with Gasteiger partial charge < -0.3 is 4.90 Å². The second-order valence-electron chi connectivity index (χ2n) is 5.00. The summed E-state index contributed by atoms with van der Waals surface area (Å²) < 4.78 is 40.6. The number of nitrogens with zero attached hydrogens (tertiary/aromatic N) is 1. The number of halogens is 3. The third-order valence-corrected chi connectivity index (χ3v) is 3.58. The maximum Gasteiger partial charge on any atom is 0.348 e. The molecule has 3 rings (SSSR count). The number of likely N-dealkylation sites (tertiary alicyclic amines) is 1. The molecule has 5 heteroatoms. The first-order valence-electron chi connectivity index (χ1n) is 6.48. The van der Waals surface area contributed by atoms with Gasteiger partial charge in [-0.3, -0.25) is 4.79 Å². The Bertz CT molecular complexity index is 655. The molecule has 1 unspecified atom stereocenters. The van der Waals surface area contributed by atoms with Gasteiger partial charge in [0.25, 0.3) is 5.91 Å². The lowest BCUT2D eigenvalue weighted by molar-refractivity contribution is -0.207. The third kappa shape index (κ3) is 2.28. The highest BCUT2D eigenvalue weighted by atomic mass is 19.3. The zero-order valence-corrected chi connectivity index (χ0v) is 11.0. The van der Waals surface area contributed by atoms with Crippen LogP contribution in [-0.2, 0) is 11.3 Å². The van der Waals surface area contributed by atoms with Gasteiger partial charge in [-0.2, -0.15) is 8.78 Å². The van der Waals surface area contributed by atoms with Crippen LogP contribution < -0.4 is 0 Å². The Hall–Kier alpha value is -2.30. The maximum atomic E-state index is 13.9. The first-order chi connectivity index (χ1) is 10.00. The van der Waals surface area contributed by atoms with E-state index < -0.39 is 23.7 Å². The number of amides is 1. The zero-order chi connectivity index (χ0) is 15.0. The van der Waals surface area contributed by atoms with E-state index >= 15 is 0 Å². The highest BCUT2D eigenvalue weighted by Gasteiger charge is 2.63. The first-order valence-corrected chi connectivity index (χ1v) is 6.48. The van der Waals surface area contributed by atoms with E-state index in [1.165, 1.54) is 12.1 Å². The van der Waals surface area contributed by atoms with Crippen molar-refractivity contribution in [3.63, 3.8) is 0 Å². The molecule has 1 atom stereocenters. The maximum absolute atomic E-state index is 13.9. The molecular weight excluding hydrogens is 279 g/mol. The van der Waals surface area contributed by atoms with Crippen molar-refractivity contribution in [1.29, 1.82) is 0 Å². The summed E-state index contributed by atoms with van der Waals surface area (Å²) in [6.07, 6.45) is 0. The molecule has 2 nitrogen and oxygen atoms in total. The van der Waals surface area contributed by atoms with Gasteiger partial charge in [-0.1, -0.05) is 42.5 Å². The van der Waals surface area contributed by atoms with Gasteiger partial charge in [0.2, 0.25) is 0 Å². The van der Waals surface area contributed by atoms with Crippen molar-refractivity contribution in [3.8, 4) is 0 Å². The summed E-state index contributed by atoms with van der Waals surface area (Å²) in [5.41, 5.74) is 1.00. The van der Waals surface area contributed by atoms with Crippen molar-refractivity contribution in [2.75, 3.05) is 0 Å². The number of rotatable bonds is 3. The minimum atomic E-state index is -3.44. The van der Waals surface area contributed by atoms with Gasteiger partial charge in [0.1, 0.15) is 11.9 Å². The average molecular weight is 291 g/mol. The Morgan fingerprint density at radius 1 is 1.00 bits per heavy atom. The summed E-state index contributed by atoms with van der Waals surface area (Å²) in [6, 6.07) is 12.4. The molecule has 1 fully saturated rings. The fourth-order valence-electron chi connectivity index (χ4n) is 2.53. The van der Waals surface area contributed by atoms with Crippen molar-refractivity contribution in [2.45, 2.75) is 18.5 Å². The minimum Gasteiger partial charge on any atom is -0.319 e. The molecule has 1 aliphatic heterocycles. The highest BCUT2D eigenvalue weighted by Crippen LogP contribution is 2.47. The van der Waals surface area contributed by atoms with Crippen LogP contribution in [0.5, 0.6) is 0 Å². The minimum absolute atomic E-state index is 0.108. The van der Waals surface area contributed by atoms with E-state index in [2.05, 4.69) is 0 Å². The summed E-state index contributed by atoms with van der Waals surface area (Å²) in [7, 11) is 0. The van der Waals surface area contributed by atoms with Gasteiger partial charge in [-0.05, 0) is 23.3 Å². The molecule has 1 saturated heterocycles. The molecule has 1 aliphatic rings. The lowest BCUT2D eigenvalue weighted by Gasteiger charge is -2.46. The smallest absolute Gasteiger partial charge is 0.319 e. The quantitative estimate of drug-likeness (QED) is 0.792. The number of hydrogen-bond acceptors (Lipinski definition) is 1. The summed E-state index contributed by atoms with van der Waals surface area (Å²) in [5.74, 6) is -5.13. The van der Waals surface area contributed by atoms with Crippen LogP contribution in [-0.4, -0.2) is 16.7 Å². The van der Waals surface area contributed by atoms with Gasteiger partial charge >= 0.3 is 5.92 Å². The van der Waals surface area contributed by atoms with Gasteiger partial charge in [-0.15, -0.1) is 0 Å². The fraction of sp³-hybridized carbons (Fsp3) is 0.188. The van der Waals surface area contributed by atoms with Crippen molar-refractivity contribution < 1.29 is 18.0 Å². The number of carbonyl (C=O) groups excluding carboxylic acids is 1. The van der Waals surface area contributed by atoms with Crippen molar-refractivity contribution in [1.82, 2.24) is 4.90 Å². The van der Waals surface area contributed by atoms with Crippen LogP contribution in [0.4, 0.5) is 13.2 Å². The van der Waals surface area contributed by atoms with E-state index in [-0.39, 0.29) is 12.1 Å². The Labute approximate surface area is 119 Å². The van der Waals surface area contributed by atoms with Crippen molar-refractivity contribution in [2.24, 2.45) is 0 Å². The topological polar surface area (TPSA) is 20.3 Å². The molecule has 0 saturated carbocycles. The predicted molar refractivity (Wildman–Crippen MR) is 71.1 cm³/mol. The molecule has 0 radical (unpaired) electrons. The first kappa shape index (κ1) is 13.7. The number of carbonyl (C=O) groups is 1. The van der Waals surface area contributed by atoms with E-state index in [1.54, 1.807) is 24.3 Å². The monoisotopic (exact) mass is 291 g/mol. The van der Waals surface area contributed by atoms with Crippen LogP contribution >= 0.6 is 0 Å². The third-order valence-electron chi connectivity index (χ3n) is 3.58. The van der Waals surface area contributed by atoms with Gasteiger partial charge in [0, 0.05) is 6.54 Å². The highest BCUT2D eigenvalue weighted by molar-refractivity contribution is 5.91. The van der Waals surface area contributed by atoms with Gasteiger partial charge in [-0.25, -0.2) is 4.39 Å². The number of β-lactam (4-membered cyclic amide) rings is 1. The van der Waals surface area contributed by atoms with Gasteiger partial charge in [0.15, 0.2) is 0 Å². The Morgan fingerprint density at radius 2 is 1.62 bits per heavy atom. The molecule has 21 heavy (non-hydrogen) atoms. The lowest BCUT2D eigenvalue weighted by Crippen LogP contribution is -2.63. The molecule has 2 aromatic carbocycles. The normalized spacial score (nSPS) is 20.2. The average Bonchev–Trinajstić information content (AvgIpc) is 2.49. The molecule has 1 amide bonds. The number of alkyl halides is 2. The van der Waals surface area contributed by atoms with E-state index in [0.717, 1.165) is 22.6 Å². The van der Waals surface area contributed by atoms with Crippen LogP contribution in [0.3, 0.4) is 0 Å². The molecule has 108 valence electrons. The molecular formula is C16H12F3NO. The lowest BCUT2D eigenvalue weighted by atomic mass is 9.89. The van der Waals surface area contributed by atoms with Crippen molar-refractivity contribution >= 4 is 5.91 Å². The summed E-state index contributed by atoms with van der Waals surface area (Å²) in [4.78, 5) is 12.8. The summed E-state index contributed by atoms with van der Waals surface area (Å²) in [6.45, 7) is 0.108. The van der Waals surface area contributed by atoms with Crippen LogP contribution in [0, 0.1) is 5.82 Å². The molecule has 0 N–H and O–H groups in total. The standard InChI is InChI=1S/C16H12F3NO/c17-13-8-6-12(7-9-13)14-16(18,19)15(21)20(14)10-11-4-2-1-3-5-11/h1-9,14H,10H2. The Balaban J connectivity index is 1.89. The molecule has 2 aromatic rings. The zero-order valence-electron chi connectivity index (χ0n) is 11.0. The second-order valence-corrected chi connectivity index (χ2v) is 5.00. The molecule has 0 bridgehead atoms. The summed E-state index contributed by atoms with van der Waals surface area (Å²) in [5, 5.41) is 0.